The third-order valence-electron chi connectivity index (χ3n) is 4.54. The van der Waals surface area contributed by atoms with E-state index in [0.717, 1.165) is 12.8 Å². The summed E-state index contributed by atoms with van der Waals surface area (Å²) in [5.41, 5.74) is -0.0206. The number of thioether (sulfide) groups is 1. The van der Waals surface area contributed by atoms with E-state index in [1.807, 2.05) is 9.80 Å². The van der Waals surface area contributed by atoms with Crippen molar-refractivity contribution < 1.29 is 14.3 Å². The van der Waals surface area contributed by atoms with Crippen molar-refractivity contribution in [3.05, 3.63) is 18.5 Å². The van der Waals surface area contributed by atoms with Crippen molar-refractivity contribution in [1.82, 2.24) is 19.8 Å². The summed E-state index contributed by atoms with van der Waals surface area (Å²) in [6.07, 6.45) is 4.71. The SMILES string of the molecule is CC1(C)COC(=O)N(C2CCN(C(=O)CSc3ncccn3)CC2)C1. The molecule has 2 saturated heterocycles. The van der Waals surface area contributed by atoms with Gasteiger partial charge in [-0.15, -0.1) is 0 Å². The Morgan fingerprint density at radius 3 is 2.68 bits per heavy atom. The maximum Gasteiger partial charge on any atom is 0.410 e. The second-order valence-corrected chi connectivity index (χ2v) is 8.22. The van der Waals surface area contributed by atoms with Crippen molar-refractivity contribution in [2.45, 2.75) is 37.9 Å². The van der Waals surface area contributed by atoms with Crippen LogP contribution in [-0.4, -0.2) is 69.8 Å². The topological polar surface area (TPSA) is 75.6 Å². The van der Waals surface area contributed by atoms with E-state index < -0.39 is 0 Å². The molecule has 8 heteroatoms. The molecule has 2 aliphatic rings. The van der Waals surface area contributed by atoms with Gasteiger partial charge in [0.05, 0.1) is 12.4 Å². The molecule has 25 heavy (non-hydrogen) atoms. The number of piperidine rings is 1. The highest BCUT2D eigenvalue weighted by molar-refractivity contribution is 7.99. The zero-order chi connectivity index (χ0) is 17.9. The highest BCUT2D eigenvalue weighted by atomic mass is 32.2. The lowest BCUT2D eigenvalue weighted by Gasteiger charge is -2.44. The van der Waals surface area contributed by atoms with Gasteiger partial charge < -0.3 is 14.5 Å². The van der Waals surface area contributed by atoms with E-state index in [-0.39, 0.29) is 23.5 Å². The van der Waals surface area contributed by atoms with E-state index in [1.165, 1.54) is 11.8 Å². The summed E-state index contributed by atoms with van der Waals surface area (Å²) >= 11 is 1.35. The second kappa shape index (κ2) is 7.59. The fourth-order valence-electron chi connectivity index (χ4n) is 3.19. The number of hydrogen-bond acceptors (Lipinski definition) is 6. The minimum absolute atomic E-state index is 0.0206. The Balaban J connectivity index is 1.48. The number of rotatable bonds is 4. The number of carbonyl (C=O) groups excluding carboxylic acids is 2. The Morgan fingerprint density at radius 2 is 2.00 bits per heavy atom. The van der Waals surface area contributed by atoms with Gasteiger partial charge >= 0.3 is 6.09 Å². The monoisotopic (exact) mass is 364 g/mol. The molecule has 0 aliphatic carbocycles. The molecule has 7 nitrogen and oxygen atoms in total. The van der Waals surface area contributed by atoms with Crippen molar-refractivity contribution in [3.63, 3.8) is 0 Å². The number of carbonyl (C=O) groups is 2. The van der Waals surface area contributed by atoms with Gasteiger partial charge in [0.25, 0.3) is 0 Å². The van der Waals surface area contributed by atoms with Crippen LogP contribution >= 0.6 is 11.8 Å². The molecule has 0 radical (unpaired) electrons. The predicted octanol–water partition coefficient (Wildman–Crippen LogP) is 2.04. The number of ether oxygens (including phenoxy) is 1. The molecule has 136 valence electrons. The summed E-state index contributed by atoms with van der Waals surface area (Å²) in [5.74, 6) is 0.436. The Kier molecular flexibility index (Phi) is 5.46. The van der Waals surface area contributed by atoms with E-state index in [0.29, 0.717) is 37.2 Å². The first-order valence-electron chi connectivity index (χ1n) is 8.56. The number of hydrogen-bond donors (Lipinski definition) is 0. The van der Waals surface area contributed by atoms with E-state index in [2.05, 4.69) is 23.8 Å². The fourth-order valence-corrected chi connectivity index (χ4v) is 3.90. The van der Waals surface area contributed by atoms with Crippen LogP contribution in [0.1, 0.15) is 26.7 Å². The summed E-state index contributed by atoms with van der Waals surface area (Å²) in [4.78, 5) is 36.4. The molecule has 0 atom stereocenters. The largest absolute Gasteiger partial charge is 0.449 e. The summed E-state index contributed by atoms with van der Waals surface area (Å²) in [7, 11) is 0. The van der Waals surface area contributed by atoms with Crippen LogP contribution < -0.4 is 0 Å². The van der Waals surface area contributed by atoms with Gasteiger partial charge in [0.2, 0.25) is 5.91 Å². The minimum atomic E-state index is -0.221. The quantitative estimate of drug-likeness (QED) is 0.601. The number of aromatic nitrogens is 2. The average molecular weight is 364 g/mol. The van der Waals surface area contributed by atoms with Crippen molar-refractivity contribution in [2.75, 3.05) is 32.0 Å². The standard InChI is InChI=1S/C17H24N4O3S/c1-17(2)11-21(16(23)24-12-17)13-4-8-20(9-5-13)14(22)10-25-15-18-6-3-7-19-15/h3,6-7,13H,4-5,8-12H2,1-2H3. The van der Waals surface area contributed by atoms with E-state index >= 15 is 0 Å². The van der Waals surface area contributed by atoms with Crippen molar-refractivity contribution >= 4 is 23.8 Å². The van der Waals surface area contributed by atoms with Crippen LogP contribution in [0.3, 0.4) is 0 Å². The molecule has 1 aromatic rings. The predicted molar refractivity (Wildman–Crippen MR) is 94.2 cm³/mol. The molecular weight excluding hydrogens is 340 g/mol. The second-order valence-electron chi connectivity index (χ2n) is 7.28. The lowest BCUT2D eigenvalue weighted by atomic mass is 9.91. The van der Waals surface area contributed by atoms with E-state index in [9.17, 15) is 9.59 Å². The van der Waals surface area contributed by atoms with Gasteiger partial charge in [0.1, 0.15) is 0 Å². The van der Waals surface area contributed by atoms with E-state index in [1.54, 1.807) is 18.5 Å². The van der Waals surface area contributed by atoms with Crippen LogP contribution in [0.5, 0.6) is 0 Å². The van der Waals surface area contributed by atoms with Crippen LogP contribution in [0.2, 0.25) is 0 Å². The van der Waals surface area contributed by atoms with Gasteiger partial charge in [-0.2, -0.15) is 0 Å². The molecule has 3 heterocycles. The maximum absolute atomic E-state index is 12.4. The molecule has 0 spiro atoms. The molecule has 0 bridgehead atoms. The molecule has 3 rings (SSSR count). The fraction of sp³-hybridized carbons (Fsp3) is 0.647. The van der Waals surface area contributed by atoms with Crippen molar-refractivity contribution in [3.8, 4) is 0 Å². The van der Waals surface area contributed by atoms with Crippen molar-refractivity contribution in [1.29, 1.82) is 0 Å². The molecular formula is C17H24N4O3S. The molecule has 0 N–H and O–H groups in total. The number of nitrogens with zero attached hydrogens (tertiary/aromatic N) is 4. The van der Waals surface area contributed by atoms with Crippen LogP contribution in [0.4, 0.5) is 4.79 Å². The molecule has 2 fully saturated rings. The Labute approximate surface area is 152 Å². The zero-order valence-electron chi connectivity index (χ0n) is 14.7. The van der Waals surface area contributed by atoms with Gasteiger partial charge in [-0.3, -0.25) is 4.79 Å². The molecule has 0 saturated carbocycles. The molecule has 2 amide bonds. The average Bonchev–Trinajstić information content (AvgIpc) is 2.63. The third kappa shape index (κ3) is 4.62. The van der Waals surface area contributed by atoms with Gasteiger partial charge in [-0.25, -0.2) is 14.8 Å². The van der Waals surface area contributed by atoms with Gasteiger partial charge in [-0.05, 0) is 18.9 Å². The number of amides is 2. The molecule has 0 aromatic carbocycles. The van der Waals surface area contributed by atoms with E-state index in [4.69, 9.17) is 4.74 Å². The van der Waals surface area contributed by atoms with Crippen LogP contribution in [0, 0.1) is 5.41 Å². The molecule has 0 unspecified atom stereocenters. The lowest BCUT2D eigenvalue weighted by molar-refractivity contribution is -0.130. The number of cyclic esters (lactones) is 1. The van der Waals surface area contributed by atoms with Crippen molar-refractivity contribution in [2.24, 2.45) is 5.41 Å². The Bertz CT molecular complexity index is 618. The highest BCUT2D eigenvalue weighted by Crippen LogP contribution is 2.28. The summed E-state index contributed by atoms with van der Waals surface area (Å²) in [6, 6.07) is 1.91. The maximum atomic E-state index is 12.4. The normalized spacial score (nSPS) is 21.1. The zero-order valence-corrected chi connectivity index (χ0v) is 15.5. The van der Waals surface area contributed by atoms with Gasteiger partial charge in [-0.1, -0.05) is 25.6 Å². The first-order chi connectivity index (χ1) is 11.9. The van der Waals surface area contributed by atoms with Crippen LogP contribution in [0.25, 0.3) is 0 Å². The number of likely N-dealkylation sites (tertiary alicyclic amines) is 1. The molecule has 2 aliphatic heterocycles. The first-order valence-corrected chi connectivity index (χ1v) is 9.54. The highest BCUT2D eigenvalue weighted by Gasteiger charge is 2.38. The smallest absolute Gasteiger partial charge is 0.410 e. The Hall–Kier alpha value is -1.83. The summed E-state index contributed by atoms with van der Waals surface area (Å²) < 4.78 is 5.31. The van der Waals surface area contributed by atoms with Gasteiger partial charge in [0.15, 0.2) is 5.16 Å². The summed E-state index contributed by atoms with van der Waals surface area (Å²) in [5, 5.41) is 0.615. The minimum Gasteiger partial charge on any atom is -0.449 e. The lowest BCUT2D eigenvalue weighted by Crippen LogP contribution is -2.55. The van der Waals surface area contributed by atoms with Crippen LogP contribution in [0.15, 0.2) is 23.6 Å². The third-order valence-corrected chi connectivity index (χ3v) is 5.40. The molecule has 1 aromatic heterocycles. The Morgan fingerprint density at radius 1 is 1.32 bits per heavy atom. The first kappa shape index (κ1) is 18.0. The summed E-state index contributed by atoms with van der Waals surface area (Å²) in [6.45, 7) is 6.74. The van der Waals surface area contributed by atoms with Gasteiger partial charge in [0, 0.05) is 43.5 Å². The van der Waals surface area contributed by atoms with Crippen LogP contribution in [-0.2, 0) is 9.53 Å².